The zero-order valence-electron chi connectivity index (χ0n) is 11.8. The molecule has 2 heterocycles. The van der Waals surface area contributed by atoms with Crippen molar-refractivity contribution in [2.75, 3.05) is 18.1 Å². The van der Waals surface area contributed by atoms with Gasteiger partial charge in [0.2, 0.25) is 0 Å². The standard InChI is InChI=1S/C14H19N5S/c1-3-7-15-12-9-13(17-14(16-12)20-2)19-8-6-11(18-19)10-4-5-10/h6,8-10H,3-5,7H2,1-2H3,(H,15,16,17). The third kappa shape index (κ3) is 2.95. The first-order valence-electron chi connectivity index (χ1n) is 7.03. The van der Waals surface area contributed by atoms with Crippen molar-refractivity contribution < 1.29 is 0 Å². The quantitative estimate of drug-likeness (QED) is 0.654. The van der Waals surface area contributed by atoms with E-state index in [1.807, 2.05) is 23.2 Å². The highest BCUT2D eigenvalue weighted by molar-refractivity contribution is 7.98. The Balaban J connectivity index is 1.89. The molecular formula is C14H19N5S. The minimum Gasteiger partial charge on any atom is -0.370 e. The first kappa shape index (κ1) is 13.4. The van der Waals surface area contributed by atoms with Crippen LogP contribution in [0.4, 0.5) is 5.82 Å². The molecule has 2 aromatic heterocycles. The summed E-state index contributed by atoms with van der Waals surface area (Å²) >= 11 is 1.55. The van der Waals surface area contributed by atoms with Gasteiger partial charge in [-0.15, -0.1) is 0 Å². The maximum atomic E-state index is 4.63. The van der Waals surface area contributed by atoms with Gasteiger partial charge in [-0.1, -0.05) is 18.7 Å². The summed E-state index contributed by atoms with van der Waals surface area (Å²) in [6, 6.07) is 4.05. The molecular weight excluding hydrogens is 270 g/mol. The fourth-order valence-corrected chi connectivity index (χ4v) is 2.40. The van der Waals surface area contributed by atoms with Crippen LogP contribution >= 0.6 is 11.8 Å². The van der Waals surface area contributed by atoms with Crippen molar-refractivity contribution >= 4 is 17.6 Å². The maximum Gasteiger partial charge on any atom is 0.191 e. The van der Waals surface area contributed by atoms with Gasteiger partial charge in [0.15, 0.2) is 11.0 Å². The summed E-state index contributed by atoms with van der Waals surface area (Å²) in [5.41, 5.74) is 1.18. The molecule has 1 N–H and O–H groups in total. The molecule has 5 nitrogen and oxygen atoms in total. The Labute approximate surface area is 123 Å². The molecule has 0 unspecified atom stereocenters. The summed E-state index contributed by atoms with van der Waals surface area (Å²) in [5.74, 6) is 2.36. The predicted octanol–water partition coefficient (Wildman–Crippen LogP) is 3.08. The van der Waals surface area contributed by atoms with Crippen LogP contribution in [0.2, 0.25) is 0 Å². The number of hydrogen-bond acceptors (Lipinski definition) is 5. The highest BCUT2D eigenvalue weighted by Crippen LogP contribution is 2.39. The second-order valence-electron chi connectivity index (χ2n) is 4.98. The van der Waals surface area contributed by atoms with E-state index in [-0.39, 0.29) is 0 Å². The fourth-order valence-electron chi connectivity index (χ4n) is 2.03. The third-order valence-electron chi connectivity index (χ3n) is 3.27. The first-order valence-corrected chi connectivity index (χ1v) is 8.25. The van der Waals surface area contributed by atoms with Crippen LogP contribution in [0.25, 0.3) is 5.82 Å². The summed E-state index contributed by atoms with van der Waals surface area (Å²) in [4.78, 5) is 9.00. The van der Waals surface area contributed by atoms with Gasteiger partial charge >= 0.3 is 0 Å². The average molecular weight is 289 g/mol. The molecule has 1 aliphatic carbocycles. The Kier molecular flexibility index (Phi) is 3.91. The van der Waals surface area contributed by atoms with Gasteiger partial charge in [-0.3, -0.25) is 0 Å². The van der Waals surface area contributed by atoms with Crippen molar-refractivity contribution in [2.24, 2.45) is 0 Å². The van der Waals surface area contributed by atoms with Gasteiger partial charge in [0.05, 0.1) is 5.69 Å². The summed E-state index contributed by atoms with van der Waals surface area (Å²) in [5, 5.41) is 8.71. The van der Waals surface area contributed by atoms with E-state index in [1.54, 1.807) is 11.8 Å². The lowest BCUT2D eigenvalue weighted by molar-refractivity contribution is 0.784. The smallest absolute Gasteiger partial charge is 0.191 e. The van der Waals surface area contributed by atoms with Gasteiger partial charge in [-0.25, -0.2) is 14.6 Å². The number of aromatic nitrogens is 4. The van der Waals surface area contributed by atoms with Crippen LogP contribution in [0.5, 0.6) is 0 Å². The summed E-state index contributed by atoms with van der Waals surface area (Å²) in [7, 11) is 0. The van der Waals surface area contributed by atoms with Crippen LogP contribution in [-0.2, 0) is 0 Å². The van der Waals surface area contributed by atoms with Gasteiger partial charge in [-0.2, -0.15) is 5.10 Å². The summed E-state index contributed by atoms with van der Waals surface area (Å²) < 4.78 is 1.85. The molecule has 0 amide bonds. The molecule has 2 aromatic rings. The third-order valence-corrected chi connectivity index (χ3v) is 3.82. The van der Waals surface area contributed by atoms with E-state index < -0.39 is 0 Å². The zero-order chi connectivity index (χ0) is 13.9. The normalized spacial score (nSPS) is 14.5. The molecule has 106 valence electrons. The van der Waals surface area contributed by atoms with Gasteiger partial charge in [0.1, 0.15) is 5.82 Å². The Bertz CT molecular complexity index is 591. The Morgan fingerprint density at radius 1 is 1.40 bits per heavy atom. The lowest BCUT2D eigenvalue weighted by Crippen LogP contribution is -2.07. The molecule has 20 heavy (non-hydrogen) atoms. The second-order valence-corrected chi connectivity index (χ2v) is 5.76. The van der Waals surface area contributed by atoms with Crippen molar-refractivity contribution in [1.29, 1.82) is 0 Å². The van der Waals surface area contributed by atoms with Crippen LogP contribution < -0.4 is 5.32 Å². The molecule has 1 saturated carbocycles. The largest absolute Gasteiger partial charge is 0.370 e. The minimum atomic E-state index is 0.663. The van der Waals surface area contributed by atoms with Crippen molar-refractivity contribution in [1.82, 2.24) is 19.7 Å². The number of anilines is 1. The number of rotatable bonds is 6. The van der Waals surface area contributed by atoms with Crippen LogP contribution in [0, 0.1) is 0 Å². The zero-order valence-corrected chi connectivity index (χ0v) is 12.7. The molecule has 0 radical (unpaired) electrons. The minimum absolute atomic E-state index is 0.663. The number of nitrogens with one attached hydrogen (secondary N) is 1. The molecule has 3 rings (SSSR count). The highest BCUT2D eigenvalue weighted by Gasteiger charge is 2.26. The Morgan fingerprint density at radius 2 is 2.25 bits per heavy atom. The Morgan fingerprint density at radius 3 is 2.95 bits per heavy atom. The van der Waals surface area contributed by atoms with Crippen LogP contribution in [0.1, 0.15) is 37.8 Å². The fraction of sp³-hybridized carbons (Fsp3) is 0.500. The van der Waals surface area contributed by atoms with E-state index >= 15 is 0 Å². The van der Waals surface area contributed by atoms with Crippen molar-refractivity contribution in [3.05, 3.63) is 24.0 Å². The molecule has 0 saturated heterocycles. The number of thioether (sulfide) groups is 1. The van der Waals surface area contributed by atoms with E-state index in [0.29, 0.717) is 5.92 Å². The highest BCUT2D eigenvalue weighted by atomic mass is 32.2. The predicted molar refractivity (Wildman–Crippen MR) is 81.7 cm³/mol. The molecule has 0 atom stereocenters. The second kappa shape index (κ2) is 5.83. The molecule has 1 aliphatic rings. The molecule has 0 spiro atoms. The SMILES string of the molecule is CCCNc1cc(-n2ccc(C3CC3)n2)nc(SC)n1. The van der Waals surface area contributed by atoms with Gasteiger partial charge in [-0.05, 0) is 31.6 Å². The van der Waals surface area contributed by atoms with Crippen LogP contribution in [0.3, 0.4) is 0 Å². The van der Waals surface area contributed by atoms with E-state index in [0.717, 1.165) is 29.8 Å². The van der Waals surface area contributed by atoms with E-state index in [2.05, 4.69) is 33.4 Å². The molecule has 0 aromatic carbocycles. The topological polar surface area (TPSA) is 55.6 Å². The van der Waals surface area contributed by atoms with E-state index in [9.17, 15) is 0 Å². The average Bonchev–Trinajstić information content (AvgIpc) is 3.22. The van der Waals surface area contributed by atoms with Crippen molar-refractivity contribution in [2.45, 2.75) is 37.3 Å². The molecule has 6 heteroatoms. The van der Waals surface area contributed by atoms with Gasteiger partial charge in [0.25, 0.3) is 0 Å². The summed E-state index contributed by atoms with van der Waals surface area (Å²) in [6.07, 6.45) is 7.58. The lowest BCUT2D eigenvalue weighted by atomic mass is 10.3. The molecule has 0 aliphatic heterocycles. The van der Waals surface area contributed by atoms with Gasteiger partial charge in [0, 0.05) is 24.7 Å². The van der Waals surface area contributed by atoms with Crippen LogP contribution in [0.15, 0.2) is 23.5 Å². The van der Waals surface area contributed by atoms with Crippen molar-refractivity contribution in [3.8, 4) is 5.82 Å². The lowest BCUT2D eigenvalue weighted by Gasteiger charge is -2.08. The van der Waals surface area contributed by atoms with Crippen LogP contribution in [-0.4, -0.2) is 32.5 Å². The maximum absolute atomic E-state index is 4.63. The summed E-state index contributed by atoms with van der Waals surface area (Å²) in [6.45, 7) is 3.05. The van der Waals surface area contributed by atoms with Gasteiger partial charge < -0.3 is 5.32 Å². The van der Waals surface area contributed by atoms with Crippen molar-refractivity contribution in [3.63, 3.8) is 0 Å². The molecule has 0 bridgehead atoms. The Hall–Kier alpha value is -1.56. The first-order chi connectivity index (χ1) is 9.80. The van der Waals surface area contributed by atoms with E-state index in [1.165, 1.54) is 18.5 Å². The molecule has 1 fully saturated rings. The monoisotopic (exact) mass is 289 g/mol. The number of hydrogen-bond donors (Lipinski definition) is 1. The number of nitrogens with zero attached hydrogens (tertiary/aromatic N) is 4. The van der Waals surface area contributed by atoms with E-state index in [4.69, 9.17) is 0 Å².